The summed E-state index contributed by atoms with van der Waals surface area (Å²) in [6.07, 6.45) is -3.82. The summed E-state index contributed by atoms with van der Waals surface area (Å²) >= 11 is 0. The number of rotatable bonds is 7. The molecule has 2 aromatic carbocycles. The monoisotopic (exact) mass is 380 g/mol. The lowest BCUT2D eigenvalue weighted by Gasteiger charge is -2.37. The lowest BCUT2D eigenvalue weighted by molar-refractivity contribution is -0.278. The molecule has 1 N–H and O–H groups in total. The van der Waals surface area contributed by atoms with Crippen molar-refractivity contribution in [2.75, 3.05) is 6.61 Å². The molecule has 0 radical (unpaired) electrons. The first-order valence-corrected chi connectivity index (χ1v) is 9.09. The SMILES string of the molecule is C=C(C)c1cc(C(CC)(CC)OCC(C)(O)C(F)(F)F)c2ccccc2c1. The van der Waals surface area contributed by atoms with Gasteiger partial charge in [0.25, 0.3) is 0 Å². The molecule has 0 spiro atoms. The van der Waals surface area contributed by atoms with E-state index in [2.05, 4.69) is 6.58 Å². The zero-order valence-electron chi connectivity index (χ0n) is 16.3. The molecule has 0 aromatic heterocycles. The van der Waals surface area contributed by atoms with Crippen LogP contribution in [-0.2, 0) is 10.3 Å². The van der Waals surface area contributed by atoms with E-state index in [1.807, 2.05) is 57.2 Å². The van der Waals surface area contributed by atoms with Crippen molar-refractivity contribution in [2.45, 2.75) is 57.9 Å². The van der Waals surface area contributed by atoms with Crippen molar-refractivity contribution in [2.24, 2.45) is 0 Å². The molecule has 0 bridgehead atoms. The molecule has 148 valence electrons. The van der Waals surface area contributed by atoms with Gasteiger partial charge in [0.15, 0.2) is 5.60 Å². The van der Waals surface area contributed by atoms with Gasteiger partial charge in [0, 0.05) is 0 Å². The molecule has 2 rings (SSSR count). The Morgan fingerprint density at radius 1 is 1.11 bits per heavy atom. The van der Waals surface area contributed by atoms with Gasteiger partial charge in [-0.25, -0.2) is 0 Å². The average molecular weight is 380 g/mol. The highest BCUT2D eigenvalue weighted by Crippen LogP contribution is 2.41. The van der Waals surface area contributed by atoms with E-state index in [1.54, 1.807) is 0 Å². The summed E-state index contributed by atoms with van der Waals surface area (Å²) in [7, 11) is 0. The quantitative estimate of drug-likeness (QED) is 0.618. The van der Waals surface area contributed by atoms with Crippen LogP contribution in [0.3, 0.4) is 0 Å². The van der Waals surface area contributed by atoms with E-state index in [4.69, 9.17) is 4.74 Å². The number of hydrogen-bond acceptors (Lipinski definition) is 2. The molecule has 0 aliphatic heterocycles. The number of fused-ring (bicyclic) bond motifs is 1. The number of ether oxygens (including phenoxy) is 1. The molecule has 0 aliphatic carbocycles. The Labute approximate surface area is 158 Å². The van der Waals surface area contributed by atoms with Gasteiger partial charge < -0.3 is 9.84 Å². The van der Waals surface area contributed by atoms with E-state index in [1.165, 1.54) is 0 Å². The molecule has 0 aliphatic rings. The van der Waals surface area contributed by atoms with Crippen LogP contribution >= 0.6 is 0 Å². The molecule has 0 saturated heterocycles. The van der Waals surface area contributed by atoms with Crippen LogP contribution in [0.15, 0.2) is 43.0 Å². The summed E-state index contributed by atoms with van der Waals surface area (Å²) in [6.45, 7) is 9.56. The van der Waals surface area contributed by atoms with E-state index in [0.717, 1.165) is 34.4 Å². The van der Waals surface area contributed by atoms with Crippen molar-refractivity contribution >= 4 is 16.3 Å². The Morgan fingerprint density at radius 3 is 2.22 bits per heavy atom. The fourth-order valence-corrected chi connectivity index (χ4v) is 3.21. The Morgan fingerprint density at radius 2 is 1.70 bits per heavy atom. The van der Waals surface area contributed by atoms with Crippen LogP contribution < -0.4 is 0 Å². The minimum atomic E-state index is -4.76. The molecule has 0 fully saturated rings. The smallest absolute Gasteiger partial charge is 0.379 e. The lowest BCUT2D eigenvalue weighted by atomic mass is 9.83. The van der Waals surface area contributed by atoms with Crippen molar-refractivity contribution < 1.29 is 23.0 Å². The van der Waals surface area contributed by atoms with E-state index in [-0.39, 0.29) is 0 Å². The number of alkyl halides is 3. The van der Waals surface area contributed by atoms with Gasteiger partial charge in [0.2, 0.25) is 0 Å². The highest BCUT2D eigenvalue weighted by molar-refractivity contribution is 5.89. The van der Waals surface area contributed by atoms with Crippen LogP contribution in [0.1, 0.15) is 51.7 Å². The van der Waals surface area contributed by atoms with E-state index in [0.29, 0.717) is 12.8 Å². The fourth-order valence-electron chi connectivity index (χ4n) is 3.21. The molecular formula is C22H27F3O2. The molecule has 0 amide bonds. The molecule has 2 nitrogen and oxygen atoms in total. The zero-order chi connectivity index (χ0) is 20.5. The maximum atomic E-state index is 13.1. The molecule has 0 saturated carbocycles. The highest BCUT2D eigenvalue weighted by atomic mass is 19.4. The van der Waals surface area contributed by atoms with Crippen molar-refractivity contribution in [3.63, 3.8) is 0 Å². The molecule has 1 unspecified atom stereocenters. The number of halogens is 3. The van der Waals surface area contributed by atoms with Crippen LogP contribution in [0, 0.1) is 0 Å². The third-order valence-electron chi connectivity index (χ3n) is 5.23. The predicted molar refractivity (Wildman–Crippen MR) is 104 cm³/mol. The van der Waals surface area contributed by atoms with Gasteiger partial charge in [-0.05, 0) is 60.7 Å². The second-order valence-electron chi connectivity index (χ2n) is 7.29. The van der Waals surface area contributed by atoms with E-state index in [9.17, 15) is 18.3 Å². The van der Waals surface area contributed by atoms with Crippen molar-refractivity contribution in [3.8, 4) is 0 Å². The summed E-state index contributed by atoms with van der Waals surface area (Å²) in [5.41, 5.74) is -1.25. The first kappa shape index (κ1) is 21.5. The van der Waals surface area contributed by atoms with E-state index >= 15 is 0 Å². The fraction of sp³-hybridized carbons (Fsp3) is 0.455. The van der Waals surface area contributed by atoms with Gasteiger partial charge in [0.05, 0.1) is 12.2 Å². The summed E-state index contributed by atoms with van der Waals surface area (Å²) in [5.74, 6) is 0. The maximum Gasteiger partial charge on any atom is 0.419 e. The zero-order valence-corrected chi connectivity index (χ0v) is 16.3. The van der Waals surface area contributed by atoms with Gasteiger partial charge >= 0.3 is 6.18 Å². The minimum Gasteiger partial charge on any atom is -0.379 e. The van der Waals surface area contributed by atoms with Crippen LogP contribution in [-0.4, -0.2) is 23.5 Å². The van der Waals surface area contributed by atoms with Crippen molar-refractivity contribution in [1.82, 2.24) is 0 Å². The number of benzene rings is 2. The van der Waals surface area contributed by atoms with E-state index < -0.39 is 24.0 Å². The second-order valence-corrected chi connectivity index (χ2v) is 7.29. The van der Waals surface area contributed by atoms with Crippen LogP contribution in [0.2, 0.25) is 0 Å². The topological polar surface area (TPSA) is 29.5 Å². The van der Waals surface area contributed by atoms with Gasteiger partial charge in [-0.3, -0.25) is 0 Å². The summed E-state index contributed by atoms with van der Waals surface area (Å²) in [5, 5.41) is 11.8. The Hall–Kier alpha value is -1.85. The molecule has 0 heterocycles. The minimum absolute atomic E-state index is 0.473. The standard InChI is InChI=1S/C22H27F3O2/c1-6-21(7-2,27-14-20(5,26)22(23,24)25)19-13-17(15(3)4)12-16-10-8-9-11-18(16)19/h8-13,26H,3,6-7,14H2,1-2,4-5H3. The first-order chi connectivity index (χ1) is 12.5. The molecule has 5 heteroatoms. The number of aliphatic hydroxyl groups is 1. The third-order valence-corrected chi connectivity index (χ3v) is 5.23. The number of allylic oxidation sites excluding steroid dienone is 1. The third kappa shape index (κ3) is 4.19. The number of hydrogen-bond donors (Lipinski definition) is 1. The Kier molecular flexibility index (Phi) is 6.07. The Bertz CT molecular complexity index is 818. The van der Waals surface area contributed by atoms with Gasteiger partial charge in [-0.15, -0.1) is 0 Å². The van der Waals surface area contributed by atoms with Crippen molar-refractivity contribution in [3.05, 3.63) is 54.1 Å². The largest absolute Gasteiger partial charge is 0.419 e. The molecule has 2 aromatic rings. The Balaban J connectivity index is 2.60. The summed E-state index contributed by atoms with van der Waals surface area (Å²) in [6, 6.07) is 11.7. The van der Waals surface area contributed by atoms with Gasteiger partial charge in [0.1, 0.15) is 0 Å². The van der Waals surface area contributed by atoms with Crippen molar-refractivity contribution in [1.29, 1.82) is 0 Å². The summed E-state index contributed by atoms with van der Waals surface area (Å²) in [4.78, 5) is 0. The lowest BCUT2D eigenvalue weighted by Crippen LogP contribution is -2.48. The normalized spacial score (nSPS) is 15.0. The highest BCUT2D eigenvalue weighted by Gasteiger charge is 2.51. The molecular weight excluding hydrogens is 353 g/mol. The first-order valence-electron chi connectivity index (χ1n) is 9.09. The van der Waals surface area contributed by atoms with Crippen LogP contribution in [0.5, 0.6) is 0 Å². The van der Waals surface area contributed by atoms with Crippen LogP contribution in [0.4, 0.5) is 13.2 Å². The maximum absolute atomic E-state index is 13.1. The predicted octanol–water partition coefficient (Wildman–Crippen LogP) is 6.22. The van der Waals surface area contributed by atoms with Crippen LogP contribution in [0.25, 0.3) is 16.3 Å². The molecule has 27 heavy (non-hydrogen) atoms. The molecule has 1 atom stereocenters. The van der Waals surface area contributed by atoms with Gasteiger partial charge in [-0.1, -0.05) is 50.3 Å². The average Bonchev–Trinajstić information content (AvgIpc) is 2.61. The summed E-state index contributed by atoms with van der Waals surface area (Å²) < 4.78 is 45.1. The second kappa shape index (κ2) is 7.64. The van der Waals surface area contributed by atoms with Gasteiger partial charge in [-0.2, -0.15) is 13.2 Å².